The van der Waals surface area contributed by atoms with E-state index in [1.807, 2.05) is 6.07 Å². The van der Waals surface area contributed by atoms with Crippen molar-refractivity contribution in [2.75, 3.05) is 6.54 Å². The lowest BCUT2D eigenvalue weighted by Gasteiger charge is -2.27. The van der Waals surface area contributed by atoms with Gasteiger partial charge in [-0.15, -0.1) is 11.3 Å². The van der Waals surface area contributed by atoms with Gasteiger partial charge < -0.3 is 5.32 Å². The summed E-state index contributed by atoms with van der Waals surface area (Å²) < 4.78 is 0. The van der Waals surface area contributed by atoms with Gasteiger partial charge in [0.15, 0.2) is 0 Å². The Kier molecular flexibility index (Phi) is 4.95. The predicted octanol–water partition coefficient (Wildman–Crippen LogP) is 4.58. The zero-order chi connectivity index (χ0) is 14.6. The van der Waals surface area contributed by atoms with E-state index < -0.39 is 0 Å². The van der Waals surface area contributed by atoms with E-state index in [0.29, 0.717) is 11.3 Å². The third-order valence-electron chi connectivity index (χ3n) is 3.83. The lowest BCUT2D eigenvalue weighted by molar-refractivity contribution is 0.252. The fourth-order valence-corrected chi connectivity index (χ4v) is 2.61. The summed E-state index contributed by atoms with van der Waals surface area (Å²) in [5.74, 6) is 0.649. The zero-order valence-electron chi connectivity index (χ0n) is 12.8. The molecule has 0 amide bonds. The summed E-state index contributed by atoms with van der Waals surface area (Å²) in [6, 6.07) is 10.4. The number of rotatable bonds is 5. The molecular weight excluding hydrogens is 264 g/mol. The number of nitrogens with zero attached hydrogens (tertiary/aromatic N) is 1. The van der Waals surface area contributed by atoms with Crippen LogP contribution in [0.5, 0.6) is 0 Å². The number of benzene rings is 1. The van der Waals surface area contributed by atoms with E-state index in [-0.39, 0.29) is 0 Å². The highest BCUT2D eigenvalue weighted by atomic mass is 32.1. The van der Waals surface area contributed by atoms with E-state index in [0.717, 1.165) is 23.8 Å². The van der Waals surface area contributed by atoms with Crippen LogP contribution in [0.25, 0.3) is 11.3 Å². The molecule has 20 heavy (non-hydrogen) atoms. The van der Waals surface area contributed by atoms with Gasteiger partial charge in [0.1, 0.15) is 5.01 Å². The van der Waals surface area contributed by atoms with Crippen LogP contribution in [0.15, 0.2) is 35.7 Å². The molecule has 0 radical (unpaired) electrons. The Labute approximate surface area is 126 Å². The largest absolute Gasteiger partial charge is 0.310 e. The van der Waals surface area contributed by atoms with Crippen molar-refractivity contribution in [3.05, 3.63) is 40.7 Å². The Morgan fingerprint density at radius 3 is 2.55 bits per heavy atom. The van der Waals surface area contributed by atoms with Gasteiger partial charge >= 0.3 is 0 Å². The Morgan fingerprint density at radius 1 is 1.20 bits per heavy atom. The van der Waals surface area contributed by atoms with E-state index >= 15 is 0 Å². The van der Waals surface area contributed by atoms with Crippen LogP contribution in [0.2, 0.25) is 0 Å². The second-order valence-electron chi connectivity index (χ2n) is 6.39. The maximum atomic E-state index is 4.70. The van der Waals surface area contributed by atoms with Crippen LogP contribution in [-0.4, -0.2) is 11.5 Å². The van der Waals surface area contributed by atoms with Gasteiger partial charge in [-0.1, -0.05) is 58.0 Å². The molecule has 0 fully saturated rings. The van der Waals surface area contributed by atoms with E-state index in [1.54, 1.807) is 11.3 Å². The van der Waals surface area contributed by atoms with Crippen LogP contribution in [0.3, 0.4) is 0 Å². The molecule has 0 saturated carbocycles. The molecule has 108 valence electrons. The average molecular weight is 288 g/mol. The first-order chi connectivity index (χ1) is 9.47. The first kappa shape index (κ1) is 15.2. The molecular formula is C17H24N2S. The van der Waals surface area contributed by atoms with Gasteiger partial charge in [-0.2, -0.15) is 0 Å². The standard InChI is InChI=1S/C17H24N2S/c1-13(17(2,3)4)10-18-11-16-19-15(12-20-16)14-8-6-5-7-9-14/h5-9,12-13,18H,10-11H2,1-4H3. The first-order valence-electron chi connectivity index (χ1n) is 7.17. The highest BCUT2D eigenvalue weighted by molar-refractivity contribution is 7.09. The van der Waals surface area contributed by atoms with Gasteiger partial charge in [0.2, 0.25) is 0 Å². The minimum atomic E-state index is 0.352. The SMILES string of the molecule is CC(CNCc1nc(-c2ccccc2)cs1)C(C)(C)C. The minimum Gasteiger partial charge on any atom is -0.310 e. The summed E-state index contributed by atoms with van der Waals surface area (Å²) in [5, 5.41) is 6.82. The molecule has 1 aromatic heterocycles. The summed E-state index contributed by atoms with van der Waals surface area (Å²) in [4.78, 5) is 4.70. The molecule has 3 heteroatoms. The van der Waals surface area contributed by atoms with Gasteiger partial charge in [-0.25, -0.2) is 4.98 Å². The van der Waals surface area contributed by atoms with Crippen LogP contribution in [0, 0.1) is 11.3 Å². The van der Waals surface area contributed by atoms with E-state index in [1.165, 1.54) is 5.56 Å². The van der Waals surface area contributed by atoms with Gasteiger partial charge in [-0.05, 0) is 17.9 Å². The van der Waals surface area contributed by atoms with Gasteiger partial charge in [0.25, 0.3) is 0 Å². The average Bonchev–Trinajstić information content (AvgIpc) is 2.87. The Bertz CT molecular complexity index is 525. The van der Waals surface area contributed by atoms with Crippen molar-refractivity contribution >= 4 is 11.3 Å². The maximum Gasteiger partial charge on any atom is 0.107 e. The van der Waals surface area contributed by atoms with Crippen LogP contribution in [0.4, 0.5) is 0 Å². The van der Waals surface area contributed by atoms with Crippen molar-refractivity contribution in [3.63, 3.8) is 0 Å². The maximum absolute atomic E-state index is 4.70. The number of aromatic nitrogens is 1. The zero-order valence-corrected chi connectivity index (χ0v) is 13.6. The van der Waals surface area contributed by atoms with Crippen LogP contribution >= 0.6 is 11.3 Å². The predicted molar refractivity (Wildman–Crippen MR) is 87.9 cm³/mol. The molecule has 2 aromatic rings. The van der Waals surface area contributed by atoms with Crippen molar-refractivity contribution in [2.24, 2.45) is 11.3 Å². The highest BCUT2D eigenvalue weighted by Gasteiger charge is 2.19. The third kappa shape index (κ3) is 4.15. The van der Waals surface area contributed by atoms with Crippen molar-refractivity contribution in [1.29, 1.82) is 0 Å². The number of hydrogen-bond acceptors (Lipinski definition) is 3. The van der Waals surface area contributed by atoms with E-state index in [2.05, 4.69) is 62.7 Å². The molecule has 1 atom stereocenters. The highest BCUT2D eigenvalue weighted by Crippen LogP contribution is 2.25. The molecule has 2 nitrogen and oxygen atoms in total. The van der Waals surface area contributed by atoms with Gasteiger partial charge in [0.05, 0.1) is 5.69 Å². The lowest BCUT2D eigenvalue weighted by atomic mass is 9.82. The van der Waals surface area contributed by atoms with Crippen molar-refractivity contribution < 1.29 is 0 Å². The molecule has 2 rings (SSSR count). The molecule has 1 aromatic carbocycles. The molecule has 1 unspecified atom stereocenters. The van der Waals surface area contributed by atoms with E-state index in [9.17, 15) is 0 Å². The monoisotopic (exact) mass is 288 g/mol. The summed E-state index contributed by atoms with van der Waals surface area (Å²) >= 11 is 1.73. The van der Waals surface area contributed by atoms with Crippen molar-refractivity contribution in [3.8, 4) is 11.3 Å². The van der Waals surface area contributed by atoms with Crippen molar-refractivity contribution in [2.45, 2.75) is 34.2 Å². The molecule has 1 N–H and O–H groups in total. The minimum absolute atomic E-state index is 0.352. The summed E-state index contributed by atoms with van der Waals surface area (Å²) in [6.07, 6.45) is 0. The van der Waals surface area contributed by atoms with Gasteiger partial charge in [0, 0.05) is 17.5 Å². The molecule has 0 aliphatic heterocycles. The fraction of sp³-hybridized carbons (Fsp3) is 0.471. The fourth-order valence-electron chi connectivity index (χ4n) is 1.84. The molecule has 0 aliphatic rings. The van der Waals surface area contributed by atoms with Crippen molar-refractivity contribution in [1.82, 2.24) is 10.3 Å². The molecule has 1 heterocycles. The molecule has 0 aliphatic carbocycles. The van der Waals surface area contributed by atoms with Crippen LogP contribution < -0.4 is 5.32 Å². The van der Waals surface area contributed by atoms with Crippen LogP contribution in [-0.2, 0) is 6.54 Å². The number of nitrogens with one attached hydrogen (secondary N) is 1. The molecule has 0 bridgehead atoms. The number of hydrogen-bond donors (Lipinski definition) is 1. The van der Waals surface area contributed by atoms with Gasteiger partial charge in [-0.3, -0.25) is 0 Å². The molecule has 0 saturated heterocycles. The Balaban J connectivity index is 1.88. The summed E-state index contributed by atoms with van der Waals surface area (Å²) in [7, 11) is 0. The lowest BCUT2D eigenvalue weighted by Crippen LogP contribution is -2.29. The summed E-state index contributed by atoms with van der Waals surface area (Å²) in [6.45, 7) is 11.1. The Hall–Kier alpha value is -1.19. The Morgan fingerprint density at radius 2 is 1.90 bits per heavy atom. The number of thiazole rings is 1. The summed E-state index contributed by atoms with van der Waals surface area (Å²) in [5.41, 5.74) is 2.62. The smallest absolute Gasteiger partial charge is 0.107 e. The molecule has 0 spiro atoms. The third-order valence-corrected chi connectivity index (χ3v) is 4.68. The topological polar surface area (TPSA) is 24.9 Å². The quantitative estimate of drug-likeness (QED) is 0.871. The second kappa shape index (κ2) is 6.51. The first-order valence-corrected chi connectivity index (χ1v) is 8.05. The normalized spacial score (nSPS) is 13.4. The van der Waals surface area contributed by atoms with Crippen LogP contribution in [0.1, 0.15) is 32.7 Å². The van der Waals surface area contributed by atoms with E-state index in [4.69, 9.17) is 4.98 Å². The second-order valence-corrected chi connectivity index (χ2v) is 7.33.